The van der Waals surface area contributed by atoms with Gasteiger partial charge in [0.2, 0.25) is 15.9 Å². The maximum absolute atomic E-state index is 13.2. The molecular weight excluding hydrogens is 466 g/mol. The van der Waals surface area contributed by atoms with Crippen molar-refractivity contribution >= 4 is 21.8 Å². The molecule has 2 amide bonds. The normalized spacial score (nSPS) is 19.6. The van der Waals surface area contributed by atoms with E-state index in [1.165, 1.54) is 22.0 Å². The molecule has 2 aliphatic rings. The van der Waals surface area contributed by atoms with E-state index < -0.39 is 22.0 Å². The fourth-order valence-electron chi connectivity index (χ4n) is 4.66. The van der Waals surface area contributed by atoms with Crippen molar-refractivity contribution in [1.29, 1.82) is 0 Å². The van der Waals surface area contributed by atoms with Gasteiger partial charge in [-0.25, -0.2) is 8.42 Å². The summed E-state index contributed by atoms with van der Waals surface area (Å²) in [5.41, 5.74) is 2.57. The predicted molar refractivity (Wildman–Crippen MR) is 132 cm³/mol. The minimum atomic E-state index is -3.73. The smallest absolute Gasteiger partial charge is 0.251 e. The highest BCUT2D eigenvalue weighted by Crippen LogP contribution is 2.29. The van der Waals surface area contributed by atoms with Crippen molar-refractivity contribution in [3.63, 3.8) is 0 Å². The van der Waals surface area contributed by atoms with Crippen molar-refractivity contribution in [2.75, 3.05) is 26.3 Å². The molecule has 2 aromatic carbocycles. The molecule has 2 aromatic rings. The van der Waals surface area contributed by atoms with Crippen LogP contribution < -0.4 is 10.6 Å². The Labute approximate surface area is 207 Å². The molecule has 35 heavy (non-hydrogen) atoms. The molecule has 0 saturated carbocycles. The number of nitrogens with zero attached hydrogens (tertiary/aromatic N) is 1. The van der Waals surface area contributed by atoms with E-state index in [4.69, 9.17) is 4.74 Å². The van der Waals surface area contributed by atoms with Crippen LogP contribution >= 0.6 is 0 Å². The number of aryl methyl sites for hydroxylation is 1. The summed E-state index contributed by atoms with van der Waals surface area (Å²) in [6.07, 6.45) is 2.84. The number of hydrogen-bond acceptors (Lipinski definition) is 5. The van der Waals surface area contributed by atoms with Gasteiger partial charge < -0.3 is 15.4 Å². The van der Waals surface area contributed by atoms with Crippen LogP contribution in [-0.2, 0) is 26.0 Å². The lowest BCUT2D eigenvalue weighted by Crippen LogP contribution is -2.50. The van der Waals surface area contributed by atoms with Crippen LogP contribution in [-0.4, -0.2) is 56.9 Å². The molecule has 1 saturated heterocycles. The third kappa shape index (κ3) is 5.74. The summed E-state index contributed by atoms with van der Waals surface area (Å²) < 4.78 is 32.6. The number of hydrogen-bond donors (Lipinski definition) is 2. The molecule has 9 heteroatoms. The first-order valence-electron chi connectivity index (χ1n) is 12.1. The van der Waals surface area contributed by atoms with E-state index >= 15 is 0 Å². The summed E-state index contributed by atoms with van der Waals surface area (Å²) in [4.78, 5) is 26.4. The topological polar surface area (TPSA) is 105 Å². The number of fused-ring (bicyclic) bond motifs is 1. The first-order valence-corrected chi connectivity index (χ1v) is 13.6. The zero-order valence-corrected chi connectivity index (χ0v) is 21.0. The molecule has 0 bridgehead atoms. The Hall–Kier alpha value is -2.75. The maximum atomic E-state index is 13.2. The Morgan fingerprint density at radius 3 is 2.54 bits per heavy atom. The zero-order valence-electron chi connectivity index (χ0n) is 20.2. The van der Waals surface area contributed by atoms with Gasteiger partial charge in [-0.15, -0.1) is 0 Å². The van der Waals surface area contributed by atoms with Gasteiger partial charge in [0.25, 0.3) is 5.91 Å². The number of ether oxygens (including phenoxy) is 1. The summed E-state index contributed by atoms with van der Waals surface area (Å²) in [7, 11) is -3.73. The summed E-state index contributed by atoms with van der Waals surface area (Å²) in [5.74, 6) is -0.882. The lowest BCUT2D eigenvalue weighted by Gasteiger charge is -2.29. The number of nitrogens with one attached hydrogen (secondary N) is 2. The average molecular weight is 500 g/mol. The minimum absolute atomic E-state index is 0.0522. The van der Waals surface area contributed by atoms with E-state index in [9.17, 15) is 18.0 Å². The van der Waals surface area contributed by atoms with Crippen molar-refractivity contribution in [1.82, 2.24) is 14.9 Å². The second-order valence-electron chi connectivity index (χ2n) is 9.39. The van der Waals surface area contributed by atoms with Crippen molar-refractivity contribution < 1.29 is 22.7 Å². The highest BCUT2D eigenvalue weighted by Gasteiger charge is 2.30. The molecule has 1 heterocycles. The molecule has 0 unspecified atom stereocenters. The van der Waals surface area contributed by atoms with Crippen LogP contribution in [0.4, 0.5) is 0 Å². The monoisotopic (exact) mass is 499 g/mol. The fourth-order valence-corrected chi connectivity index (χ4v) is 6.11. The van der Waals surface area contributed by atoms with Gasteiger partial charge in [0.05, 0.1) is 24.2 Å². The van der Waals surface area contributed by atoms with Crippen molar-refractivity contribution in [2.45, 2.75) is 50.1 Å². The third-order valence-electron chi connectivity index (χ3n) is 6.63. The van der Waals surface area contributed by atoms with Crippen molar-refractivity contribution in [3.05, 3.63) is 65.2 Å². The SMILES string of the molecule is CC(C)[C@@H](NC(=O)c1cccc(S(=O)(=O)N2CCOCC2)c1)C(=O)N[C@H]1CCCc2ccccc21. The Morgan fingerprint density at radius 2 is 1.80 bits per heavy atom. The Balaban J connectivity index is 1.48. The van der Waals surface area contributed by atoms with Gasteiger partial charge in [-0.05, 0) is 54.5 Å². The van der Waals surface area contributed by atoms with Gasteiger partial charge >= 0.3 is 0 Å². The second-order valence-corrected chi connectivity index (χ2v) is 11.3. The van der Waals surface area contributed by atoms with Crippen LogP contribution in [0.2, 0.25) is 0 Å². The molecule has 188 valence electrons. The van der Waals surface area contributed by atoms with Gasteiger partial charge in [-0.3, -0.25) is 9.59 Å². The van der Waals surface area contributed by atoms with E-state index in [1.54, 1.807) is 12.1 Å². The van der Waals surface area contributed by atoms with E-state index in [2.05, 4.69) is 16.7 Å². The molecule has 2 atom stereocenters. The molecule has 0 spiro atoms. The number of benzene rings is 2. The van der Waals surface area contributed by atoms with E-state index in [0.717, 1.165) is 24.8 Å². The third-order valence-corrected chi connectivity index (χ3v) is 8.52. The predicted octanol–water partition coefficient (Wildman–Crippen LogP) is 2.66. The van der Waals surface area contributed by atoms with Gasteiger partial charge in [0, 0.05) is 18.7 Å². The van der Waals surface area contributed by atoms with Crippen LogP contribution in [0.5, 0.6) is 0 Å². The molecule has 0 aromatic heterocycles. The summed E-state index contributed by atoms with van der Waals surface area (Å²) >= 11 is 0. The quantitative estimate of drug-likeness (QED) is 0.610. The first kappa shape index (κ1) is 25.3. The molecule has 0 radical (unpaired) electrons. The number of carbonyl (C=O) groups excluding carboxylic acids is 2. The van der Waals surface area contributed by atoms with Crippen LogP contribution in [0.1, 0.15) is 54.2 Å². The molecular formula is C26H33N3O5S. The van der Waals surface area contributed by atoms with Crippen molar-refractivity contribution in [3.8, 4) is 0 Å². The second kappa shape index (κ2) is 10.9. The Morgan fingerprint density at radius 1 is 1.06 bits per heavy atom. The van der Waals surface area contributed by atoms with Crippen molar-refractivity contribution in [2.24, 2.45) is 5.92 Å². The highest BCUT2D eigenvalue weighted by molar-refractivity contribution is 7.89. The molecule has 4 rings (SSSR count). The van der Waals surface area contributed by atoms with Gasteiger partial charge in [0.1, 0.15) is 6.04 Å². The number of sulfonamides is 1. The summed E-state index contributed by atoms with van der Waals surface area (Å²) in [5, 5.41) is 5.95. The van der Waals surface area contributed by atoms with Crippen LogP contribution in [0, 0.1) is 5.92 Å². The summed E-state index contributed by atoms with van der Waals surface area (Å²) in [6.45, 7) is 4.99. The lowest BCUT2D eigenvalue weighted by molar-refractivity contribution is -0.124. The van der Waals surface area contributed by atoms with Gasteiger partial charge in [-0.2, -0.15) is 4.31 Å². The van der Waals surface area contributed by atoms with E-state index in [-0.39, 0.29) is 41.4 Å². The number of rotatable bonds is 7. The van der Waals surface area contributed by atoms with E-state index in [0.29, 0.717) is 13.2 Å². The van der Waals surface area contributed by atoms with Gasteiger partial charge in [0.15, 0.2) is 0 Å². The fraction of sp³-hybridized carbons (Fsp3) is 0.462. The zero-order chi connectivity index (χ0) is 25.0. The molecule has 2 N–H and O–H groups in total. The molecule has 8 nitrogen and oxygen atoms in total. The van der Waals surface area contributed by atoms with E-state index in [1.807, 2.05) is 32.0 Å². The molecule has 1 aliphatic heterocycles. The Bertz CT molecular complexity index is 1180. The van der Waals surface area contributed by atoms with Crippen LogP contribution in [0.3, 0.4) is 0 Å². The lowest BCUT2D eigenvalue weighted by atomic mass is 9.87. The standard InChI is InChI=1S/C26H33N3O5S/c1-18(2)24(26(31)27-23-12-6-8-19-7-3-4-11-22(19)23)28-25(30)20-9-5-10-21(17-20)35(32,33)29-13-15-34-16-14-29/h3-5,7,9-11,17-18,23-24H,6,8,12-16H2,1-2H3,(H,27,31)(H,28,30)/t23-,24+/m0/s1. The highest BCUT2D eigenvalue weighted by atomic mass is 32.2. The number of morpholine rings is 1. The Kier molecular flexibility index (Phi) is 7.88. The minimum Gasteiger partial charge on any atom is -0.379 e. The number of amides is 2. The summed E-state index contributed by atoms with van der Waals surface area (Å²) in [6, 6.07) is 13.2. The van der Waals surface area contributed by atoms with Crippen LogP contribution in [0.15, 0.2) is 53.4 Å². The molecule has 1 aliphatic carbocycles. The maximum Gasteiger partial charge on any atom is 0.251 e. The average Bonchev–Trinajstić information content (AvgIpc) is 2.87. The molecule has 1 fully saturated rings. The van der Waals surface area contributed by atoms with Gasteiger partial charge in [-0.1, -0.05) is 44.2 Å². The first-order chi connectivity index (χ1) is 16.8. The largest absolute Gasteiger partial charge is 0.379 e. The van der Waals surface area contributed by atoms with Crippen LogP contribution in [0.25, 0.3) is 0 Å². The number of carbonyl (C=O) groups is 2.